The quantitative estimate of drug-likeness (QED) is 0.441. The molecule has 0 saturated carbocycles. The molecule has 6 heavy (non-hydrogen) atoms. The molecule has 0 fully saturated rings. The molecule has 0 bridgehead atoms. The van der Waals surface area contributed by atoms with Gasteiger partial charge >= 0.3 is 0 Å². The van der Waals surface area contributed by atoms with Crippen LogP contribution in [0.5, 0.6) is 0 Å². The van der Waals surface area contributed by atoms with Crippen LogP contribution < -0.4 is 0 Å². The van der Waals surface area contributed by atoms with Gasteiger partial charge in [-0.05, 0) is 6.42 Å². The Balaban J connectivity index is 2.34. The summed E-state index contributed by atoms with van der Waals surface area (Å²) in [5.41, 5.74) is 0. The molecular formula is C3H6I2O. The molecule has 0 aliphatic heterocycles. The Hall–Kier alpha value is 1.42. The standard InChI is InChI=1S/C3H6I2O/c4-2-1-3-6-5/h1-3H2. The van der Waals surface area contributed by atoms with Crippen molar-refractivity contribution < 1.29 is 3.07 Å². The van der Waals surface area contributed by atoms with E-state index in [-0.39, 0.29) is 0 Å². The van der Waals surface area contributed by atoms with Gasteiger partial charge in [0.25, 0.3) is 0 Å². The first kappa shape index (κ1) is 7.42. The maximum Gasteiger partial charge on any atom is 0.109 e. The zero-order chi connectivity index (χ0) is 4.83. The summed E-state index contributed by atoms with van der Waals surface area (Å²) in [6.07, 6.45) is 1.17. The Morgan fingerprint density at radius 2 is 2.17 bits per heavy atom. The number of hydrogen-bond donors (Lipinski definition) is 0. The Bertz CT molecular complexity index is 20.8. The third kappa shape index (κ3) is 5.42. The second-order valence-corrected chi connectivity index (χ2v) is 2.56. The van der Waals surface area contributed by atoms with Crippen molar-refractivity contribution in [3.8, 4) is 0 Å². The normalized spacial score (nSPS) is 9.00. The van der Waals surface area contributed by atoms with Gasteiger partial charge in [0.15, 0.2) is 0 Å². The highest BCUT2D eigenvalue weighted by atomic mass is 127. The highest BCUT2D eigenvalue weighted by Crippen LogP contribution is 1.92. The Morgan fingerprint density at radius 1 is 1.50 bits per heavy atom. The lowest BCUT2D eigenvalue weighted by Gasteiger charge is -1.85. The van der Waals surface area contributed by atoms with Gasteiger partial charge < -0.3 is 3.07 Å². The van der Waals surface area contributed by atoms with Crippen molar-refractivity contribution in [3.63, 3.8) is 0 Å². The average Bonchev–Trinajstić information content (AvgIpc) is 1.61. The number of alkyl halides is 1. The Kier molecular flexibility index (Phi) is 7.94. The van der Waals surface area contributed by atoms with Crippen molar-refractivity contribution in [3.05, 3.63) is 0 Å². The number of rotatable bonds is 3. The molecule has 0 unspecified atom stereocenters. The van der Waals surface area contributed by atoms with Crippen LogP contribution in [-0.2, 0) is 3.07 Å². The molecule has 0 aromatic heterocycles. The van der Waals surface area contributed by atoms with E-state index in [1.165, 1.54) is 10.8 Å². The van der Waals surface area contributed by atoms with Crippen LogP contribution in [0.15, 0.2) is 0 Å². The average molecular weight is 312 g/mol. The van der Waals surface area contributed by atoms with Crippen LogP contribution in [0.25, 0.3) is 0 Å². The first-order valence-electron chi connectivity index (χ1n) is 1.71. The summed E-state index contributed by atoms with van der Waals surface area (Å²) in [5, 5.41) is 0. The van der Waals surface area contributed by atoms with Crippen molar-refractivity contribution in [2.45, 2.75) is 6.42 Å². The summed E-state index contributed by atoms with van der Waals surface area (Å²) < 4.78 is 5.94. The second kappa shape index (κ2) is 6.42. The summed E-state index contributed by atoms with van der Waals surface area (Å²) in [5.74, 6) is 0. The zero-order valence-electron chi connectivity index (χ0n) is 3.29. The SMILES string of the molecule is ICCCOI. The third-order valence-electron chi connectivity index (χ3n) is 0.355. The first-order valence-corrected chi connectivity index (χ1v) is 4.12. The van der Waals surface area contributed by atoms with E-state index < -0.39 is 0 Å². The summed E-state index contributed by atoms with van der Waals surface area (Å²) in [6.45, 7) is 0.892. The smallest absolute Gasteiger partial charge is 0.109 e. The van der Waals surface area contributed by atoms with E-state index in [1.54, 1.807) is 0 Å². The number of hydrogen-bond acceptors (Lipinski definition) is 1. The summed E-state index contributed by atoms with van der Waals surface area (Å²) in [7, 11) is 0. The van der Waals surface area contributed by atoms with E-state index in [9.17, 15) is 0 Å². The molecular weight excluding hydrogens is 306 g/mol. The van der Waals surface area contributed by atoms with Gasteiger partial charge in [-0.15, -0.1) is 0 Å². The van der Waals surface area contributed by atoms with Crippen LogP contribution in [0.1, 0.15) is 6.42 Å². The predicted octanol–water partition coefficient (Wildman–Crippen LogP) is 2.18. The van der Waals surface area contributed by atoms with Gasteiger partial charge in [-0.1, -0.05) is 22.6 Å². The lowest BCUT2D eigenvalue weighted by Crippen LogP contribution is -1.81. The fourth-order valence-corrected chi connectivity index (χ4v) is 0.732. The van der Waals surface area contributed by atoms with Gasteiger partial charge in [0.2, 0.25) is 0 Å². The van der Waals surface area contributed by atoms with Crippen LogP contribution in [-0.4, -0.2) is 11.0 Å². The molecule has 0 aliphatic carbocycles. The van der Waals surface area contributed by atoms with E-state index >= 15 is 0 Å². The predicted molar refractivity (Wildman–Crippen MR) is 43.5 cm³/mol. The lowest BCUT2D eigenvalue weighted by atomic mass is 10.5. The van der Waals surface area contributed by atoms with Crippen molar-refractivity contribution in [2.24, 2.45) is 0 Å². The van der Waals surface area contributed by atoms with Gasteiger partial charge in [-0.2, -0.15) is 0 Å². The van der Waals surface area contributed by atoms with E-state index in [0.717, 1.165) is 6.61 Å². The minimum Gasteiger partial charge on any atom is -0.316 e. The van der Waals surface area contributed by atoms with Crippen molar-refractivity contribution in [1.29, 1.82) is 0 Å². The molecule has 0 amide bonds. The minimum absolute atomic E-state index is 0.892. The van der Waals surface area contributed by atoms with Crippen LogP contribution >= 0.6 is 45.6 Å². The van der Waals surface area contributed by atoms with Gasteiger partial charge in [0, 0.05) is 4.43 Å². The Labute approximate surface area is 65.7 Å². The maximum atomic E-state index is 4.75. The fourth-order valence-electron chi connectivity index (χ4n) is 0.109. The molecule has 0 N–H and O–H groups in total. The number of halogens is 2. The molecule has 1 nitrogen and oxygen atoms in total. The lowest BCUT2D eigenvalue weighted by molar-refractivity contribution is 0.428. The van der Waals surface area contributed by atoms with Gasteiger partial charge in [-0.25, -0.2) is 0 Å². The molecule has 0 heterocycles. The molecule has 0 spiro atoms. The van der Waals surface area contributed by atoms with E-state index in [0.29, 0.717) is 0 Å². The minimum atomic E-state index is 0.892. The largest absolute Gasteiger partial charge is 0.316 e. The van der Waals surface area contributed by atoms with Gasteiger partial charge in [0.05, 0.1) is 6.61 Å². The maximum absolute atomic E-state index is 4.75. The van der Waals surface area contributed by atoms with E-state index in [2.05, 4.69) is 22.6 Å². The summed E-state index contributed by atoms with van der Waals surface area (Å²) in [4.78, 5) is 0. The van der Waals surface area contributed by atoms with Crippen molar-refractivity contribution >= 4 is 45.6 Å². The molecule has 0 radical (unpaired) electrons. The third-order valence-corrected chi connectivity index (χ3v) is 1.56. The van der Waals surface area contributed by atoms with E-state index in [1.807, 2.05) is 23.0 Å². The Morgan fingerprint density at radius 3 is 2.33 bits per heavy atom. The molecule has 3 heteroatoms. The van der Waals surface area contributed by atoms with Gasteiger partial charge in [-0.3, -0.25) is 0 Å². The van der Waals surface area contributed by atoms with Crippen LogP contribution in [0.3, 0.4) is 0 Å². The van der Waals surface area contributed by atoms with E-state index in [4.69, 9.17) is 3.07 Å². The molecule has 38 valence electrons. The molecule has 0 atom stereocenters. The fraction of sp³-hybridized carbons (Fsp3) is 1.00. The molecule has 0 saturated heterocycles. The van der Waals surface area contributed by atoms with Crippen molar-refractivity contribution in [1.82, 2.24) is 0 Å². The summed E-state index contributed by atoms with van der Waals surface area (Å²) >= 11 is 4.23. The molecule has 0 aromatic carbocycles. The molecule has 0 aromatic rings. The molecule has 0 aliphatic rings. The molecule has 0 rings (SSSR count). The van der Waals surface area contributed by atoms with Crippen LogP contribution in [0, 0.1) is 0 Å². The summed E-state index contributed by atoms with van der Waals surface area (Å²) in [6, 6.07) is 0. The zero-order valence-corrected chi connectivity index (χ0v) is 7.60. The second-order valence-electron chi connectivity index (χ2n) is 0.856. The highest BCUT2D eigenvalue weighted by Gasteiger charge is 1.77. The monoisotopic (exact) mass is 312 g/mol. The van der Waals surface area contributed by atoms with Crippen LogP contribution in [0.2, 0.25) is 0 Å². The first-order chi connectivity index (χ1) is 2.91. The van der Waals surface area contributed by atoms with Crippen molar-refractivity contribution in [2.75, 3.05) is 11.0 Å². The van der Waals surface area contributed by atoms with Gasteiger partial charge in [0.1, 0.15) is 23.0 Å². The highest BCUT2D eigenvalue weighted by molar-refractivity contribution is 14.1. The topological polar surface area (TPSA) is 9.23 Å². The van der Waals surface area contributed by atoms with Crippen LogP contribution in [0.4, 0.5) is 0 Å².